The first-order valence-electron chi connectivity index (χ1n) is 4.42. The summed E-state index contributed by atoms with van der Waals surface area (Å²) in [6, 6.07) is -0.172. The zero-order chi connectivity index (χ0) is 10.1. The van der Waals surface area contributed by atoms with Crippen LogP contribution in [0.1, 0.15) is 13.3 Å². The molecule has 1 atom stereocenters. The van der Waals surface area contributed by atoms with Crippen LogP contribution in [0, 0.1) is 0 Å². The third kappa shape index (κ3) is 6.51. The van der Waals surface area contributed by atoms with E-state index >= 15 is 0 Å². The van der Waals surface area contributed by atoms with Crippen LogP contribution < -0.4 is 11.1 Å². The van der Waals surface area contributed by atoms with E-state index in [9.17, 15) is 4.79 Å². The molecule has 0 unspecified atom stereocenters. The van der Waals surface area contributed by atoms with Gasteiger partial charge in [0.25, 0.3) is 0 Å². The van der Waals surface area contributed by atoms with E-state index in [-0.39, 0.29) is 25.2 Å². The van der Waals surface area contributed by atoms with Gasteiger partial charge in [-0.1, -0.05) is 6.92 Å². The van der Waals surface area contributed by atoms with Crippen LogP contribution >= 0.6 is 0 Å². The predicted molar refractivity (Wildman–Crippen MR) is 49.2 cm³/mol. The lowest BCUT2D eigenvalue weighted by atomic mass is 10.2. The summed E-state index contributed by atoms with van der Waals surface area (Å²) in [5, 5.41) is 11.4. The van der Waals surface area contributed by atoms with Gasteiger partial charge in [0.15, 0.2) is 0 Å². The number of carbonyl (C=O) groups excluding carboxylic acids is 1. The first-order valence-corrected chi connectivity index (χ1v) is 4.42. The van der Waals surface area contributed by atoms with Gasteiger partial charge in [0, 0.05) is 6.54 Å². The van der Waals surface area contributed by atoms with Gasteiger partial charge >= 0.3 is 0 Å². The molecule has 0 saturated carbocycles. The van der Waals surface area contributed by atoms with Gasteiger partial charge in [0.05, 0.1) is 19.3 Å². The maximum atomic E-state index is 11.1. The summed E-state index contributed by atoms with van der Waals surface area (Å²) in [7, 11) is 0. The number of nitrogens with one attached hydrogen (secondary N) is 1. The second-order valence-electron chi connectivity index (χ2n) is 2.70. The van der Waals surface area contributed by atoms with Crippen molar-refractivity contribution in [1.82, 2.24) is 5.32 Å². The molecule has 0 aliphatic carbocycles. The highest BCUT2D eigenvalue weighted by molar-refractivity contribution is 5.77. The van der Waals surface area contributed by atoms with Crippen LogP contribution in [0.2, 0.25) is 0 Å². The highest BCUT2D eigenvalue weighted by Gasteiger charge is 2.08. The number of rotatable bonds is 7. The number of aliphatic hydroxyl groups is 1. The topological polar surface area (TPSA) is 84.6 Å². The van der Waals surface area contributed by atoms with Crippen LogP contribution in [-0.4, -0.2) is 43.4 Å². The van der Waals surface area contributed by atoms with Crippen molar-refractivity contribution in [3.63, 3.8) is 0 Å². The quantitative estimate of drug-likeness (QED) is 0.442. The molecule has 13 heavy (non-hydrogen) atoms. The Morgan fingerprint density at radius 2 is 2.38 bits per heavy atom. The molecule has 4 N–H and O–H groups in total. The van der Waals surface area contributed by atoms with Gasteiger partial charge in [0.2, 0.25) is 5.91 Å². The Kier molecular flexibility index (Phi) is 7.57. The molecule has 1 amide bonds. The molecule has 5 nitrogen and oxygen atoms in total. The fourth-order valence-electron chi connectivity index (χ4n) is 0.794. The average molecular weight is 190 g/mol. The van der Waals surface area contributed by atoms with Crippen molar-refractivity contribution in [1.29, 1.82) is 0 Å². The summed E-state index contributed by atoms with van der Waals surface area (Å²) < 4.78 is 4.92. The van der Waals surface area contributed by atoms with E-state index in [1.807, 2.05) is 6.92 Å². The van der Waals surface area contributed by atoms with Crippen LogP contribution in [0.3, 0.4) is 0 Å². The zero-order valence-corrected chi connectivity index (χ0v) is 7.95. The monoisotopic (exact) mass is 190 g/mol. The molecule has 0 saturated heterocycles. The molecular weight excluding hydrogens is 172 g/mol. The molecule has 0 bridgehead atoms. The number of amides is 1. The molecule has 0 aromatic heterocycles. The lowest BCUT2D eigenvalue weighted by Gasteiger charge is -2.13. The van der Waals surface area contributed by atoms with E-state index in [0.29, 0.717) is 19.6 Å². The summed E-state index contributed by atoms with van der Waals surface area (Å²) in [6.07, 6.45) is 0.707. The molecule has 0 aromatic carbocycles. The Labute approximate surface area is 78.3 Å². The summed E-state index contributed by atoms with van der Waals surface area (Å²) >= 11 is 0. The van der Waals surface area contributed by atoms with E-state index in [1.54, 1.807) is 0 Å². The highest BCUT2D eigenvalue weighted by Crippen LogP contribution is 1.88. The largest absolute Gasteiger partial charge is 0.394 e. The van der Waals surface area contributed by atoms with Gasteiger partial charge < -0.3 is 20.9 Å². The van der Waals surface area contributed by atoms with Gasteiger partial charge in [-0.2, -0.15) is 0 Å². The van der Waals surface area contributed by atoms with E-state index in [4.69, 9.17) is 15.6 Å². The number of ether oxygens (including phenoxy) is 1. The Morgan fingerprint density at radius 3 is 2.85 bits per heavy atom. The fraction of sp³-hybridized carbons (Fsp3) is 0.875. The Balaban J connectivity index is 3.48. The first-order chi connectivity index (χ1) is 6.24. The number of nitrogens with two attached hydrogens (primary N) is 1. The van der Waals surface area contributed by atoms with Crippen molar-refractivity contribution in [2.24, 2.45) is 5.73 Å². The zero-order valence-electron chi connectivity index (χ0n) is 7.95. The Morgan fingerprint density at radius 1 is 1.69 bits per heavy atom. The molecular formula is C8H18N2O3. The number of aliphatic hydroxyl groups excluding tert-OH is 1. The molecule has 0 aliphatic rings. The van der Waals surface area contributed by atoms with Crippen LogP contribution in [0.4, 0.5) is 0 Å². The van der Waals surface area contributed by atoms with Gasteiger partial charge in [0.1, 0.15) is 6.61 Å². The highest BCUT2D eigenvalue weighted by atomic mass is 16.5. The smallest absolute Gasteiger partial charge is 0.246 e. The van der Waals surface area contributed by atoms with Crippen LogP contribution in [0.5, 0.6) is 0 Å². The summed E-state index contributed by atoms with van der Waals surface area (Å²) in [5.41, 5.74) is 5.17. The second-order valence-corrected chi connectivity index (χ2v) is 2.70. The standard InChI is InChI=1S/C8H18N2O3/c1-2-7(5-11)10-8(12)6-13-4-3-9/h7,11H,2-6,9H2,1H3,(H,10,12)/t7-/m1/s1. The maximum Gasteiger partial charge on any atom is 0.246 e. The SMILES string of the molecule is CC[C@H](CO)NC(=O)COCCN. The van der Waals surface area contributed by atoms with Crippen molar-refractivity contribution < 1.29 is 14.6 Å². The van der Waals surface area contributed by atoms with Gasteiger partial charge in [-0.3, -0.25) is 4.79 Å². The van der Waals surface area contributed by atoms with E-state index < -0.39 is 0 Å². The predicted octanol–water partition coefficient (Wildman–Crippen LogP) is -1.15. The number of hydrogen-bond acceptors (Lipinski definition) is 4. The molecule has 0 aliphatic heterocycles. The molecule has 78 valence electrons. The van der Waals surface area contributed by atoms with Gasteiger partial charge in [-0.25, -0.2) is 0 Å². The molecule has 0 spiro atoms. The van der Waals surface area contributed by atoms with Crippen molar-refractivity contribution in [2.45, 2.75) is 19.4 Å². The van der Waals surface area contributed by atoms with E-state index in [1.165, 1.54) is 0 Å². The van der Waals surface area contributed by atoms with Crippen molar-refractivity contribution >= 4 is 5.91 Å². The van der Waals surface area contributed by atoms with Crippen LogP contribution in [0.15, 0.2) is 0 Å². The van der Waals surface area contributed by atoms with Gasteiger partial charge in [-0.15, -0.1) is 0 Å². The third-order valence-corrected chi connectivity index (χ3v) is 1.57. The molecule has 0 aromatic rings. The molecule has 5 heteroatoms. The number of carbonyl (C=O) groups is 1. The second kappa shape index (κ2) is 7.97. The molecule has 0 heterocycles. The summed E-state index contributed by atoms with van der Waals surface area (Å²) in [4.78, 5) is 11.1. The van der Waals surface area contributed by atoms with Crippen LogP contribution in [0.25, 0.3) is 0 Å². The normalized spacial score (nSPS) is 12.5. The number of hydrogen-bond donors (Lipinski definition) is 3. The molecule has 0 radical (unpaired) electrons. The lowest BCUT2D eigenvalue weighted by Crippen LogP contribution is -2.39. The fourth-order valence-corrected chi connectivity index (χ4v) is 0.794. The van der Waals surface area contributed by atoms with Crippen molar-refractivity contribution in [3.05, 3.63) is 0 Å². The molecule has 0 fully saturated rings. The minimum absolute atomic E-state index is 0.00764. The first kappa shape index (κ1) is 12.3. The molecule has 0 rings (SSSR count). The maximum absolute atomic E-state index is 11.1. The third-order valence-electron chi connectivity index (χ3n) is 1.57. The minimum atomic E-state index is -0.214. The Bertz CT molecular complexity index is 137. The van der Waals surface area contributed by atoms with Crippen LogP contribution in [-0.2, 0) is 9.53 Å². The summed E-state index contributed by atoms with van der Waals surface area (Å²) in [6.45, 7) is 2.64. The minimum Gasteiger partial charge on any atom is -0.394 e. The lowest BCUT2D eigenvalue weighted by molar-refractivity contribution is -0.126. The average Bonchev–Trinajstić information content (AvgIpc) is 2.14. The summed E-state index contributed by atoms with van der Waals surface area (Å²) in [5.74, 6) is -0.214. The van der Waals surface area contributed by atoms with Crippen molar-refractivity contribution in [3.8, 4) is 0 Å². The van der Waals surface area contributed by atoms with Gasteiger partial charge in [-0.05, 0) is 6.42 Å². The Hall–Kier alpha value is -0.650. The van der Waals surface area contributed by atoms with Crippen molar-refractivity contribution in [2.75, 3.05) is 26.4 Å². The van der Waals surface area contributed by atoms with E-state index in [2.05, 4.69) is 5.32 Å². The van der Waals surface area contributed by atoms with E-state index in [0.717, 1.165) is 0 Å².